The van der Waals surface area contributed by atoms with Crippen LogP contribution >= 0.6 is 0 Å². The predicted octanol–water partition coefficient (Wildman–Crippen LogP) is 1.85. The van der Waals surface area contributed by atoms with Gasteiger partial charge in [0, 0.05) is 26.3 Å². The molecule has 8 heteroatoms. The number of carbonyl (C=O) groups excluding carboxylic acids is 1. The molecule has 0 unspecified atom stereocenters. The summed E-state index contributed by atoms with van der Waals surface area (Å²) in [6, 6.07) is 9.52. The molecule has 0 saturated carbocycles. The quantitative estimate of drug-likeness (QED) is 0.738. The van der Waals surface area contributed by atoms with Crippen LogP contribution < -0.4 is 10.0 Å². The van der Waals surface area contributed by atoms with Crippen LogP contribution in [-0.4, -0.2) is 43.9 Å². The molecule has 0 aliphatic carbocycles. The molecule has 1 aromatic heterocycles. The maximum absolute atomic E-state index is 12.6. The lowest BCUT2D eigenvalue weighted by Crippen LogP contribution is -2.30. The van der Waals surface area contributed by atoms with Crippen LogP contribution in [0, 0.1) is 0 Å². The number of likely N-dealkylation sites (tertiary alicyclic amines) is 1. The van der Waals surface area contributed by atoms with Crippen LogP contribution in [-0.2, 0) is 30.2 Å². The van der Waals surface area contributed by atoms with E-state index in [0.717, 1.165) is 25.2 Å². The number of benzene rings is 1. The molecule has 2 heterocycles. The number of rotatable bonds is 7. The third-order valence-corrected chi connectivity index (χ3v) is 6.57. The molecule has 1 fully saturated rings. The van der Waals surface area contributed by atoms with E-state index in [1.807, 2.05) is 18.2 Å². The fourth-order valence-corrected chi connectivity index (χ4v) is 4.33. The summed E-state index contributed by atoms with van der Waals surface area (Å²) in [6.07, 6.45) is 5.22. The lowest BCUT2D eigenvalue weighted by atomic mass is 10.0. The Bertz CT molecular complexity index is 931. The number of hydrogen-bond donors (Lipinski definition) is 2. The summed E-state index contributed by atoms with van der Waals surface area (Å²) in [7, 11) is -0.571. The molecule has 2 aromatic rings. The minimum Gasteiger partial charge on any atom is -0.347 e. The van der Waals surface area contributed by atoms with Crippen LogP contribution in [0.25, 0.3) is 0 Å². The molecule has 0 bridgehead atoms. The van der Waals surface area contributed by atoms with Gasteiger partial charge in [-0.05, 0) is 50.2 Å². The van der Waals surface area contributed by atoms with Gasteiger partial charge in [-0.15, -0.1) is 0 Å². The van der Waals surface area contributed by atoms with Gasteiger partial charge < -0.3 is 9.88 Å². The van der Waals surface area contributed by atoms with E-state index in [4.69, 9.17) is 0 Å². The molecular weight excluding hydrogens is 376 g/mol. The molecule has 28 heavy (non-hydrogen) atoms. The van der Waals surface area contributed by atoms with E-state index in [1.54, 1.807) is 7.05 Å². The second-order valence-electron chi connectivity index (χ2n) is 7.17. The number of nitrogens with zero attached hydrogens (tertiary/aromatic N) is 2. The van der Waals surface area contributed by atoms with Gasteiger partial charge in [0.2, 0.25) is 10.0 Å². The number of amides is 1. The maximum Gasteiger partial charge on any atom is 0.268 e. The first kappa shape index (κ1) is 20.6. The first-order valence-electron chi connectivity index (χ1n) is 9.58. The van der Waals surface area contributed by atoms with Gasteiger partial charge in [0.05, 0.1) is 0 Å². The average molecular weight is 405 g/mol. The van der Waals surface area contributed by atoms with Crippen molar-refractivity contribution >= 4 is 15.9 Å². The zero-order valence-corrected chi connectivity index (χ0v) is 17.3. The molecule has 1 saturated heterocycles. The third kappa shape index (κ3) is 4.81. The highest BCUT2D eigenvalue weighted by atomic mass is 32.2. The Morgan fingerprint density at radius 3 is 2.46 bits per heavy atom. The van der Waals surface area contributed by atoms with Gasteiger partial charge in [0.15, 0.2) is 0 Å². The second-order valence-corrected chi connectivity index (χ2v) is 9.05. The largest absolute Gasteiger partial charge is 0.347 e. The first-order valence-corrected chi connectivity index (χ1v) is 11.1. The molecule has 7 nitrogen and oxygen atoms in total. The van der Waals surface area contributed by atoms with Gasteiger partial charge in [-0.2, -0.15) is 0 Å². The molecule has 152 valence electrons. The minimum absolute atomic E-state index is 0.0770. The van der Waals surface area contributed by atoms with Crippen LogP contribution in [0.15, 0.2) is 41.4 Å². The number of nitrogens with one attached hydrogen (secondary N) is 2. The Balaban J connectivity index is 1.68. The molecule has 0 atom stereocenters. The molecular formula is C20H28N4O3S. The van der Waals surface area contributed by atoms with Gasteiger partial charge in [-0.25, -0.2) is 13.1 Å². The van der Waals surface area contributed by atoms with E-state index in [0.29, 0.717) is 12.2 Å². The van der Waals surface area contributed by atoms with Crippen molar-refractivity contribution in [3.05, 3.63) is 53.3 Å². The zero-order chi connectivity index (χ0) is 20.1. The van der Waals surface area contributed by atoms with Crippen LogP contribution in [0.3, 0.4) is 0 Å². The summed E-state index contributed by atoms with van der Waals surface area (Å²) in [5, 5.41) is 2.92. The van der Waals surface area contributed by atoms with Crippen LogP contribution in [0.5, 0.6) is 0 Å². The molecule has 1 aromatic carbocycles. The molecule has 1 amide bonds. The van der Waals surface area contributed by atoms with Crippen molar-refractivity contribution < 1.29 is 13.2 Å². The number of aromatic nitrogens is 1. The fraction of sp³-hybridized carbons (Fsp3) is 0.450. The van der Waals surface area contributed by atoms with E-state index in [9.17, 15) is 13.2 Å². The van der Waals surface area contributed by atoms with E-state index in [-0.39, 0.29) is 10.8 Å². The summed E-state index contributed by atoms with van der Waals surface area (Å²) in [6.45, 7) is 3.53. The molecule has 2 N–H and O–H groups in total. The van der Waals surface area contributed by atoms with Crippen molar-refractivity contribution in [3.8, 4) is 0 Å². The van der Waals surface area contributed by atoms with Gasteiger partial charge in [0.1, 0.15) is 10.6 Å². The molecule has 3 rings (SSSR count). The number of aryl methyl sites for hydroxylation is 1. The summed E-state index contributed by atoms with van der Waals surface area (Å²) in [5.74, 6) is -0.298. The topological polar surface area (TPSA) is 83.4 Å². The Hall–Kier alpha value is -2.16. The Morgan fingerprint density at radius 2 is 1.79 bits per heavy atom. The number of piperidine rings is 1. The molecule has 0 spiro atoms. The van der Waals surface area contributed by atoms with Crippen LogP contribution in [0.2, 0.25) is 0 Å². The van der Waals surface area contributed by atoms with Crippen molar-refractivity contribution in [2.75, 3.05) is 20.1 Å². The van der Waals surface area contributed by atoms with Crippen molar-refractivity contribution in [2.45, 2.75) is 37.2 Å². The van der Waals surface area contributed by atoms with Crippen LogP contribution in [0.1, 0.15) is 40.9 Å². The highest BCUT2D eigenvalue weighted by molar-refractivity contribution is 7.89. The number of hydrogen-bond acceptors (Lipinski definition) is 4. The van der Waals surface area contributed by atoms with Crippen molar-refractivity contribution in [1.29, 1.82) is 0 Å². The molecule has 0 radical (unpaired) electrons. The van der Waals surface area contributed by atoms with Crippen molar-refractivity contribution in [2.24, 2.45) is 7.05 Å². The highest BCUT2D eigenvalue weighted by Gasteiger charge is 2.19. The van der Waals surface area contributed by atoms with Gasteiger partial charge >= 0.3 is 0 Å². The molecule has 1 aliphatic rings. The maximum atomic E-state index is 12.6. The number of sulfonamides is 1. The smallest absolute Gasteiger partial charge is 0.268 e. The minimum atomic E-state index is -3.58. The normalized spacial score (nSPS) is 15.5. The summed E-state index contributed by atoms with van der Waals surface area (Å²) in [4.78, 5) is 15.1. The molecule has 1 aliphatic heterocycles. The second kappa shape index (κ2) is 8.89. The summed E-state index contributed by atoms with van der Waals surface area (Å²) in [5.41, 5.74) is 2.61. The van der Waals surface area contributed by atoms with Crippen LogP contribution in [0.4, 0.5) is 0 Å². The Labute approximate surface area is 166 Å². The summed E-state index contributed by atoms with van der Waals surface area (Å²) < 4.78 is 27.7. The Morgan fingerprint density at radius 1 is 1.11 bits per heavy atom. The third-order valence-electron chi connectivity index (χ3n) is 5.19. The van der Waals surface area contributed by atoms with Crippen molar-refractivity contribution in [1.82, 2.24) is 19.5 Å². The lowest BCUT2D eigenvalue weighted by Gasteiger charge is -2.27. The van der Waals surface area contributed by atoms with Gasteiger partial charge in [-0.3, -0.25) is 9.69 Å². The van der Waals surface area contributed by atoms with Crippen molar-refractivity contribution in [3.63, 3.8) is 0 Å². The standard InChI is InChI=1S/C20H28N4O3S/c1-21-28(26,27)18-12-19(23(2)15-18)20(25)22-13-16-8-4-5-9-17(16)14-24-10-6-3-7-11-24/h4-5,8-9,12,15,21H,3,6-7,10-11,13-14H2,1-2H3,(H,22,25). The number of carbonyl (C=O) groups is 1. The highest BCUT2D eigenvalue weighted by Crippen LogP contribution is 2.17. The monoisotopic (exact) mass is 404 g/mol. The van der Waals surface area contributed by atoms with Gasteiger partial charge in [0.25, 0.3) is 5.91 Å². The van der Waals surface area contributed by atoms with E-state index in [1.165, 1.54) is 48.7 Å². The van der Waals surface area contributed by atoms with E-state index < -0.39 is 10.0 Å². The lowest BCUT2D eigenvalue weighted by molar-refractivity contribution is 0.0942. The van der Waals surface area contributed by atoms with E-state index in [2.05, 4.69) is 21.0 Å². The van der Waals surface area contributed by atoms with Gasteiger partial charge in [-0.1, -0.05) is 30.7 Å². The average Bonchev–Trinajstić information content (AvgIpc) is 3.10. The van der Waals surface area contributed by atoms with E-state index >= 15 is 0 Å². The SMILES string of the molecule is CNS(=O)(=O)c1cc(C(=O)NCc2ccccc2CN2CCCCC2)n(C)c1. The predicted molar refractivity (Wildman–Crippen MR) is 108 cm³/mol. The fourth-order valence-electron chi connectivity index (χ4n) is 3.53. The first-order chi connectivity index (χ1) is 13.4. The summed E-state index contributed by atoms with van der Waals surface area (Å²) >= 11 is 0. The zero-order valence-electron chi connectivity index (χ0n) is 16.4. The Kier molecular flexibility index (Phi) is 6.53.